The molecule has 0 fully saturated rings. The van der Waals surface area contributed by atoms with Crippen LogP contribution in [0.1, 0.15) is 11.1 Å². The molecule has 0 aliphatic heterocycles. The molecule has 0 heterocycles. The molecule has 0 amide bonds. The number of hydrogen-bond acceptors (Lipinski definition) is 4. The van der Waals surface area contributed by atoms with Crippen molar-refractivity contribution in [3.05, 3.63) is 47.5 Å². The second kappa shape index (κ2) is 5.89. The number of nitrogens with zero attached hydrogens (tertiary/aromatic N) is 2. The Labute approximate surface area is 116 Å². The monoisotopic (exact) mass is 264 g/mol. The minimum Gasteiger partial charge on any atom is -0.211 e. The molecule has 20 heavy (non-hydrogen) atoms. The van der Waals surface area contributed by atoms with Gasteiger partial charge in [0.2, 0.25) is 12.2 Å². The van der Waals surface area contributed by atoms with Gasteiger partial charge in [-0.05, 0) is 37.1 Å². The second-order valence-corrected chi connectivity index (χ2v) is 4.45. The Bertz CT molecular complexity index is 688. The molecule has 0 saturated carbocycles. The van der Waals surface area contributed by atoms with Gasteiger partial charge in [-0.1, -0.05) is 24.3 Å². The van der Waals surface area contributed by atoms with E-state index in [4.69, 9.17) is 0 Å². The van der Waals surface area contributed by atoms with Gasteiger partial charge in [0.25, 0.3) is 0 Å². The van der Waals surface area contributed by atoms with Crippen molar-refractivity contribution in [2.45, 2.75) is 13.8 Å². The van der Waals surface area contributed by atoms with Crippen molar-refractivity contribution in [1.29, 1.82) is 0 Å². The molecule has 0 N–H and O–H groups in total. The van der Waals surface area contributed by atoms with Crippen molar-refractivity contribution in [1.82, 2.24) is 0 Å². The predicted molar refractivity (Wildman–Crippen MR) is 76.9 cm³/mol. The number of hydrogen-bond donors (Lipinski definition) is 0. The zero-order chi connectivity index (χ0) is 14.5. The fraction of sp³-hybridized carbons (Fsp3) is 0.125. The van der Waals surface area contributed by atoms with Crippen LogP contribution in [0.5, 0.6) is 0 Å². The van der Waals surface area contributed by atoms with Crippen LogP contribution in [0.4, 0.5) is 11.4 Å². The van der Waals surface area contributed by atoms with E-state index in [2.05, 4.69) is 9.98 Å². The van der Waals surface area contributed by atoms with Gasteiger partial charge < -0.3 is 0 Å². The largest absolute Gasteiger partial charge is 0.240 e. The van der Waals surface area contributed by atoms with Crippen LogP contribution in [0.15, 0.2) is 46.4 Å². The first kappa shape index (κ1) is 13.6. The average molecular weight is 264 g/mol. The third-order valence-electron chi connectivity index (χ3n) is 2.93. The molecular weight excluding hydrogens is 252 g/mol. The molecule has 0 atom stereocenters. The van der Waals surface area contributed by atoms with E-state index in [0.29, 0.717) is 11.4 Å². The Morgan fingerprint density at radius 2 is 1.15 bits per heavy atom. The quantitative estimate of drug-likeness (QED) is 0.623. The van der Waals surface area contributed by atoms with Crippen LogP contribution >= 0.6 is 0 Å². The Morgan fingerprint density at radius 3 is 1.50 bits per heavy atom. The van der Waals surface area contributed by atoms with E-state index in [0.717, 1.165) is 22.3 Å². The van der Waals surface area contributed by atoms with Crippen molar-refractivity contribution in [3.63, 3.8) is 0 Å². The summed E-state index contributed by atoms with van der Waals surface area (Å²) in [5.41, 5.74) is 4.43. The molecule has 0 aliphatic carbocycles. The highest BCUT2D eigenvalue weighted by Gasteiger charge is 2.10. The maximum absolute atomic E-state index is 10.6. The minimum absolute atomic E-state index is 0.506. The first-order valence-corrected chi connectivity index (χ1v) is 6.03. The zero-order valence-corrected chi connectivity index (χ0v) is 11.2. The SMILES string of the molecule is Cc1ccc(-c2ccc(C)cc2N=C=O)c(N=C=O)c1. The lowest BCUT2D eigenvalue weighted by Gasteiger charge is -2.09. The molecule has 4 heteroatoms. The van der Waals surface area contributed by atoms with Gasteiger partial charge in [-0.25, -0.2) is 9.59 Å². The number of isocyanates is 2. The number of carbonyl (C=O) groups excluding carboxylic acids is 2. The zero-order valence-electron chi connectivity index (χ0n) is 11.2. The van der Waals surface area contributed by atoms with E-state index in [9.17, 15) is 9.59 Å². The molecule has 98 valence electrons. The highest BCUT2D eigenvalue weighted by molar-refractivity contribution is 5.85. The lowest BCUT2D eigenvalue weighted by Crippen LogP contribution is -1.84. The number of rotatable bonds is 3. The average Bonchev–Trinajstić information content (AvgIpc) is 2.41. The highest BCUT2D eigenvalue weighted by atomic mass is 16.1. The van der Waals surface area contributed by atoms with Gasteiger partial charge in [-0.15, -0.1) is 0 Å². The first-order chi connectivity index (χ1) is 9.65. The van der Waals surface area contributed by atoms with Gasteiger partial charge in [-0.3, -0.25) is 0 Å². The fourth-order valence-corrected chi connectivity index (χ4v) is 2.02. The highest BCUT2D eigenvalue weighted by Crippen LogP contribution is 2.37. The van der Waals surface area contributed by atoms with Gasteiger partial charge in [0, 0.05) is 11.1 Å². The first-order valence-electron chi connectivity index (χ1n) is 6.03. The Hall–Kier alpha value is -2.80. The van der Waals surface area contributed by atoms with Crippen molar-refractivity contribution in [3.8, 4) is 11.1 Å². The second-order valence-electron chi connectivity index (χ2n) is 4.45. The summed E-state index contributed by atoms with van der Waals surface area (Å²) in [6, 6.07) is 11.1. The Kier molecular flexibility index (Phi) is 4.02. The predicted octanol–water partition coefficient (Wildman–Crippen LogP) is 3.91. The summed E-state index contributed by atoms with van der Waals surface area (Å²) in [6.07, 6.45) is 3.10. The van der Waals surface area contributed by atoms with E-state index in [1.807, 2.05) is 38.1 Å². The van der Waals surface area contributed by atoms with Gasteiger partial charge in [0.15, 0.2) is 0 Å². The van der Waals surface area contributed by atoms with Crippen molar-refractivity contribution in [2.24, 2.45) is 9.98 Å². The summed E-state index contributed by atoms with van der Waals surface area (Å²) in [5.74, 6) is 0. The summed E-state index contributed by atoms with van der Waals surface area (Å²) >= 11 is 0. The molecule has 2 aromatic rings. The van der Waals surface area contributed by atoms with E-state index in [1.54, 1.807) is 24.3 Å². The van der Waals surface area contributed by atoms with Gasteiger partial charge in [0.1, 0.15) is 0 Å². The summed E-state index contributed by atoms with van der Waals surface area (Å²) in [4.78, 5) is 28.6. The van der Waals surface area contributed by atoms with Gasteiger partial charge in [0.05, 0.1) is 11.4 Å². The van der Waals surface area contributed by atoms with E-state index in [1.165, 1.54) is 0 Å². The standard InChI is InChI=1S/C16H12N2O2/c1-11-3-5-13(15(7-11)17-9-19)14-6-4-12(2)8-16(14)18-10-20/h3-8H,1-2H3. The molecule has 0 aliphatic rings. The van der Waals surface area contributed by atoms with Crippen molar-refractivity contribution < 1.29 is 9.59 Å². The van der Waals surface area contributed by atoms with E-state index < -0.39 is 0 Å². The molecule has 0 saturated heterocycles. The summed E-state index contributed by atoms with van der Waals surface area (Å²) in [5, 5.41) is 0. The van der Waals surface area contributed by atoms with Crippen LogP contribution in [0.25, 0.3) is 11.1 Å². The molecule has 0 aromatic heterocycles. The Balaban J connectivity index is 2.74. The van der Waals surface area contributed by atoms with Crippen LogP contribution in [-0.4, -0.2) is 12.2 Å². The van der Waals surface area contributed by atoms with Gasteiger partial charge >= 0.3 is 0 Å². The maximum atomic E-state index is 10.6. The van der Waals surface area contributed by atoms with Crippen LogP contribution in [-0.2, 0) is 9.59 Å². The maximum Gasteiger partial charge on any atom is 0.240 e. The number of aliphatic imine (C=N–C) groups is 2. The molecular formula is C16H12N2O2. The fourth-order valence-electron chi connectivity index (χ4n) is 2.02. The van der Waals surface area contributed by atoms with Crippen LogP contribution < -0.4 is 0 Å². The van der Waals surface area contributed by atoms with Crippen molar-refractivity contribution in [2.75, 3.05) is 0 Å². The molecule has 2 aromatic carbocycles. The smallest absolute Gasteiger partial charge is 0.211 e. The normalized spacial score (nSPS) is 9.50. The third-order valence-corrected chi connectivity index (χ3v) is 2.93. The molecule has 2 rings (SSSR count). The van der Waals surface area contributed by atoms with Crippen LogP contribution in [0.2, 0.25) is 0 Å². The van der Waals surface area contributed by atoms with Crippen LogP contribution in [0.3, 0.4) is 0 Å². The van der Waals surface area contributed by atoms with Crippen molar-refractivity contribution >= 4 is 23.5 Å². The lowest BCUT2D eigenvalue weighted by atomic mass is 9.99. The summed E-state index contributed by atoms with van der Waals surface area (Å²) < 4.78 is 0. The van der Waals surface area contributed by atoms with E-state index >= 15 is 0 Å². The molecule has 0 bridgehead atoms. The molecule has 0 radical (unpaired) electrons. The summed E-state index contributed by atoms with van der Waals surface area (Å²) in [7, 11) is 0. The summed E-state index contributed by atoms with van der Waals surface area (Å²) in [6.45, 7) is 3.82. The van der Waals surface area contributed by atoms with Gasteiger partial charge in [-0.2, -0.15) is 9.98 Å². The number of benzene rings is 2. The topological polar surface area (TPSA) is 58.9 Å². The van der Waals surface area contributed by atoms with Crippen LogP contribution in [0, 0.1) is 13.8 Å². The number of aryl methyl sites for hydroxylation is 2. The molecule has 4 nitrogen and oxygen atoms in total. The lowest BCUT2D eigenvalue weighted by molar-refractivity contribution is 0.564. The third kappa shape index (κ3) is 2.78. The minimum atomic E-state index is 0.506. The molecule has 0 spiro atoms. The Morgan fingerprint density at radius 1 is 0.750 bits per heavy atom. The molecule has 0 unspecified atom stereocenters. The van der Waals surface area contributed by atoms with E-state index in [-0.39, 0.29) is 0 Å².